The van der Waals surface area contributed by atoms with Crippen LogP contribution < -0.4 is 15.5 Å². The Morgan fingerprint density at radius 2 is 1.89 bits per heavy atom. The molecule has 0 aromatic heterocycles. The normalized spacial score (nSPS) is 18.1. The second kappa shape index (κ2) is 5.22. The number of halogens is 3. The third-order valence-electron chi connectivity index (χ3n) is 5.28. The first kappa shape index (κ1) is 16.1. The summed E-state index contributed by atoms with van der Waals surface area (Å²) in [5, 5.41) is 1.02. The van der Waals surface area contributed by atoms with Crippen molar-refractivity contribution in [2.75, 3.05) is 18.5 Å². The van der Waals surface area contributed by atoms with E-state index >= 15 is 0 Å². The standard InChI is InChI=1S/C20H14F3N3O/c1-25-16-5-3-2-4-14(16)19(27)26-9-8-13-12-7-6-11(20(21,22)23)10-15(12)24-17(13)18(25)26/h2-7,10H,8-9H2,1H3. The molecule has 7 heteroatoms. The van der Waals surface area contributed by atoms with E-state index in [4.69, 9.17) is 0 Å². The smallest absolute Gasteiger partial charge is 0.328 e. The molecule has 0 bridgehead atoms. The highest BCUT2D eigenvalue weighted by Crippen LogP contribution is 2.39. The van der Waals surface area contributed by atoms with Gasteiger partial charge in [0.25, 0.3) is 5.91 Å². The molecule has 3 aliphatic rings. The lowest BCUT2D eigenvalue weighted by Gasteiger charge is -2.41. The molecule has 0 radical (unpaired) electrons. The molecule has 1 amide bonds. The minimum atomic E-state index is -4.41. The van der Waals surface area contributed by atoms with Gasteiger partial charge in [0.15, 0.2) is 0 Å². The van der Waals surface area contributed by atoms with Crippen molar-refractivity contribution < 1.29 is 18.0 Å². The number of allylic oxidation sites excluding steroid dienone is 1. The van der Waals surface area contributed by atoms with Crippen LogP contribution in [0.2, 0.25) is 0 Å². The first-order valence-electron chi connectivity index (χ1n) is 8.55. The number of rotatable bonds is 0. The maximum atomic E-state index is 13.1. The molecular formula is C20H14F3N3O. The molecule has 0 fully saturated rings. The highest BCUT2D eigenvalue weighted by molar-refractivity contribution is 6.04. The van der Waals surface area contributed by atoms with Crippen molar-refractivity contribution >= 4 is 17.2 Å². The Balaban J connectivity index is 1.76. The minimum Gasteiger partial charge on any atom is -0.328 e. The Bertz CT molecular complexity index is 1160. The van der Waals surface area contributed by atoms with Crippen molar-refractivity contribution in [3.63, 3.8) is 0 Å². The third kappa shape index (κ3) is 2.17. The van der Waals surface area contributed by atoms with Crippen LogP contribution in [-0.4, -0.2) is 24.4 Å². The number of benzene rings is 2. The molecule has 0 unspecified atom stereocenters. The number of amides is 1. The maximum Gasteiger partial charge on any atom is 0.416 e. The number of hydrogen-bond acceptors (Lipinski definition) is 3. The zero-order valence-corrected chi connectivity index (χ0v) is 14.3. The minimum absolute atomic E-state index is 0.104. The van der Waals surface area contributed by atoms with Gasteiger partial charge in [-0.25, -0.2) is 4.99 Å². The monoisotopic (exact) mass is 369 g/mol. The zero-order valence-electron chi connectivity index (χ0n) is 14.3. The Kier molecular flexibility index (Phi) is 3.11. The summed E-state index contributed by atoms with van der Waals surface area (Å²) in [5.41, 5.74) is 2.14. The van der Waals surface area contributed by atoms with E-state index in [1.165, 1.54) is 6.07 Å². The molecule has 2 aromatic carbocycles. The van der Waals surface area contributed by atoms with Crippen LogP contribution in [0.4, 0.5) is 18.9 Å². The molecule has 3 heterocycles. The lowest BCUT2D eigenvalue weighted by atomic mass is 9.98. The first-order valence-corrected chi connectivity index (χ1v) is 8.55. The topological polar surface area (TPSA) is 35.9 Å². The van der Waals surface area contributed by atoms with Crippen LogP contribution in [-0.2, 0) is 6.18 Å². The van der Waals surface area contributed by atoms with E-state index in [1.807, 2.05) is 30.1 Å². The van der Waals surface area contributed by atoms with Gasteiger partial charge in [0.1, 0.15) is 11.5 Å². The molecule has 0 spiro atoms. The van der Waals surface area contributed by atoms with Crippen LogP contribution in [0, 0.1) is 0 Å². The molecule has 0 N–H and O–H groups in total. The number of carbonyl (C=O) groups is 1. The van der Waals surface area contributed by atoms with Crippen LogP contribution in [0.5, 0.6) is 0 Å². The highest BCUT2D eigenvalue weighted by Gasteiger charge is 2.39. The van der Waals surface area contributed by atoms with Gasteiger partial charge in [-0.3, -0.25) is 9.69 Å². The molecule has 2 aromatic rings. The number of nitrogens with zero attached hydrogens (tertiary/aromatic N) is 3. The van der Waals surface area contributed by atoms with Crippen molar-refractivity contribution in [2.24, 2.45) is 4.99 Å². The van der Waals surface area contributed by atoms with Gasteiger partial charge in [0.2, 0.25) is 0 Å². The predicted molar refractivity (Wildman–Crippen MR) is 93.2 cm³/mol. The van der Waals surface area contributed by atoms with Gasteiger partial charge >= 0.3 is 6.18 Å². The number of carbonyl (C=O) groups excluding carboxylic acids is 1. The molecule has 0 aliphatic carbocycles. The number of fused-ring (bicyclic) bond motifs is 4. The number of hydrogen-bond donors (Lipinski definition) is 0. The molecule has 0 atom stereocenters. The Labute approximate surface area is 152 Å². The predicted octanol–water partition coefficient (Wildman–Crippen LogP) is 2.65. The lowest BCUT2D eigenvalue weighted by molar-refractivity contribution is -0.137. The summed E-state index contributed by atoms with van der Waals surface area (Å²) in [4.78, 5) is 21.0. The van der Waals surface area contributed by atoms with Gasteiger partial charge in [0, 0.05) is 18.8 Å². The van der Waals surface area contributed by atoms with E-state index in [2.05, 4.69) is 4.99 Å². The number of para-hydroxylation sites is 1. The van der Waals surface area contributed by atoms with E-state index in [0.717, 1.165) is 23.4 Å². The number of anilines is 1. The highest BCUT2D eigenvalue weighted by atomic mass is 19.4. The summed E-state index contributed by atoms with van der Waals surface area (Å²) in [5.74, 6) is 0.525. The summed E-state index contributed by atoms with van der Waals surface area (Å²) in [6.45, 7) is 0.474. The van der Waals surface area contributed by atoms with Crippen LogP contribution in [0.25, 0.3) is 5.57 Å². The SMILES string of the molecule is CN1C2=C3N=c4cc(C(F)(F)F)ccc4=C3CCN2C(=O)c2ccccc21. The van der Waals surface area contributed by atoms with Crippen molar-refractivity contribution in [1.82, 2.24) is 4.90 Å². The lowest BCUT2D eigenvalue weighted by Crippen LogP contribution is -2.46. The van der Waals surface area contributed by atoms with Gasteiger partial charge in [-0.2, -0.15) is 13.2 Å². The maximum absolute atomic E-state index is 13.1. The molecule has 0 saturated carbocycles. The van der Waals surface area contributed by atoms with E-state index in [1.54, 1.807) is 11.0 Å². The van der Waals surface area contributed by atoms with Gasteiger partial charge < -0.3 is 4.90 Å². The van der Waals surface area contributed by atoms with E-state index < -0.39 is 11.7 Å². The van der Waals surface area contributed by atoms with Crippen molar-refractivity contribution in [3.05, 3.63) is 75.7 Å². The molecule has 27 heavy (non-hydrogen) atoms. The quantitative estimate of drug-likeness (QED) is 0.716. The van der Waals surface area contributed by atoms with Crippen molar-refractivity contribution in [3.8, 4) is 0 Å². The Hall–Kier alpha value is -3.09. The van der Waals surface area contributed by atoms with Crippen LogP contribution >= 0.6 is 0 Å². The van der Waals surface area contributed by atoms with E-state index in [-0.39, 0.29) is 5.91 Å². The second-order valence-corrected chi connectivity index (χ2v) is 6.78. The molecule has 0 saturated heterocycles. The fourth-order valence-electron chi connectivity index (χ4n) is 4.01. The summed E-state index contributed by atoms with van der Waals surface area (Å²) in [7, 11) is 1.85. The second-order valence-electron chi connectivity index (χ2n) is 6.78. The summed E-state index contributed by atoms with van der Waals surface area (Å²) in [6, 6.07) is 11.0. The van der Waals surface area contributed by atoms with Gasteiger partial charge in [-0.05, 0) is 36.3 Å². The Morgan fingerprint density at radius 1 is 1.11 bits per heavy atom. The van der Waals surface area contributed by atoms with Gasteiger partial charge in [-0.15, -0.1) is 0 Å². The van der Waals surface area contributed by atoms with Crippen LogP contribution in [0.3, 0.4) is 0 Å². The summed E-state index contributed by atoms with van der Waals surface area (Å²) in [6.07, 6.45) is -3.86. The van der Waals surface area contributed by atoms with Crippen molar-refractivity contribution in [2.45, 2.75) is 12.6 Å². The molecule has 136 valence electrons. The van der Waals surface area contributed by atoms with Gasteiger partial charge in [-0.1, -0.05) is 18.2 Å². The van der Waals surface area contributed by atoms with Gasteiger partial charge in [0.05, 0.1) is 22.2 Å². The van der Waals surface area contributed by atoms with Crippen molar-refractivity contribution in [1.29, 1.82) is 0 Å². The summed E-state index contributed by atoms with van der Waals surface area (Å²) < 4.78 is 39.2. The van der Waals surface area contributed by atoms with E-state index in [9.17, 15) is 18.0 Å². The molecule has 4 nitrogen and oxygen atoms in total. The Morgan fingerprint density at radius 3 is 2.67 bits per heavy atom. The number of alkyl halides is 3. The molecular weight excluding hydrogens is 355 g/mol. The fraction of sp³-hybridized carbons (Fsp3) is 0.200. The van der Waals surface area contributed by atoms with Crippen LogP contribution in [0.15, 0.2) is 59.0 Å². The molecule has 5 rings (SSSR count). The third-order valence-corrected chi connectivity index (χ3v) is 5.28. The average molecular weight is 369 g/mol. The molecule has 3 aliphatic heterocycles. The van der Waals surface area contributed by atoms with E-state index in [0.29, 0.717) is 40.6 Å². The average Bonchev–Trinajstić information content (AvgIpc) is 3.02. The first-order chi connectivity index (χ1) is 12.9. The zero-order chi connectivity index (χ0) is 18.9. The van der Waals surface area contributed by atoms with Crippen LogP contribution in [0.1, 0.15) is 22.3 Å². The fourth-order valence-corrected chi connectivity index (χ4v) is 4.01. The summed E-state index contributed by atoms with van der Waals surface area (Å²) >= 11 is 0. The largest absolute Gasteiger partial charge is 0.416 e.